The van der Waals surface area contributed by atoms with Crippen LogP contribution in [-0.2, 0) is 4.79 Å². The number of hydrogen-bond acceptors (Lipinski definition) is 3. The van der Waals surface area contributed by atoms with Gasteiger partial charge in [0.2, 0.25) is 0 Å². The third kappa shape index (κ3) is 3.94. The van der Waals surface area contributed by atoms with Crippen LogP contribution in [0.4, 0.5) is 0 Å². The van der Waals surface area contributed by atoms with E-state index in [2.05, 4.69) is 4.98 Å². The van der Waals surface area contributed by atoms with E-state index in [0.29, 0.717) is 23.8 Å². The second-order valence-electron chi connectivity index (χ2n) is 5.43. The van der Waals surface area contributed by atoms with Gasteiger partial charge in [0.15, 0.2) is 0 Å². The summed E-state index contributed by atoms with van der Waals surface area (Å²) >= 11 is 5.82. The Morgan fingerprint density at radius 2 is 2.24 bits per heavy atom. The highest BCUT2D eigenvalue weighted by Gasteiger charge is 2.32. The number of likely N-dealkylation sites (tertiary alicyclic amines) is 1. The van der Waals surface area contributed by atoms with E-state index in [-0.39, 0.29) is 24.2 Å². The molecule has 1 saturated heterocycles. The third-order valence-corrected chi connectivity index (χ3v) is 4.32. The molecule has 1 aromatic rings. The average molecular weight is 311 g/mol. The maximum absolute atomic E-state index is 12.5. The number of carbonyl (C=O) groups excluding carboxylic acids is 1. The van der Waals surface area contributed by atoms with Crippen molar-refractivity contribution in [2.24, 2.45) is 11.8 Å². The number of hydrogen-bond donors (Lipinski definition) is 1. The number of halogens is 1. The van der Waals surface area contributed by atoms with Crippen LogP contribution in [0.3, 0.4) is 0 Å². The summed E-state index contributed by atoms with van der Waals surface area (Å²) in [7, 11) is 0. The number of carbonyl (C=O) groups is 2. The molecule has 0 bridgehead atoms. The molecule has 1 aliphatic rings. The van der Waals surface area contributed by atoms with Gasteiger partial charge >= 0.3 is 5.97 Å². The fourth-order valence-electron chi connectivity index (χ4n) is 2.94. The number of aliphatic carboxylic acids is 1. The molecule has 114 valence electrons. The summed E-state index contributed by atoms with van der Waals surface area (Å²) in [6.45, 7) is 3.23. The molecule has 1 aliphatic heterocycles. The maximum atomic E-state index is 12.5. The molecule has 0 aromatic carbocycles. The van der Waals surface area contributed by atoms with Crippen molar-refractivity contribution in [1.29, 1.82) is 0 Å². The summed E-state index contributed by atoms with van der Waals surface area (Å²) in [6.07, 6.45) is 3.31. The number of carboxylic acid groups (broad SMARTS) is 1. The fourth-order valence-corrected chi connectivity index (χ4v) is 3.11. The first-order chi connectivity index (χ1) is 10.0. The van der Waals surface area contributed by atoms with Gasteiger partial charge in [-0.2, -0.15) is 0 Å². The van der Waals surface area contributed by atoms with E-state index in [4.69, 9.17) is 16.7 Å². The van der Waals surface area contributed by atoms with Crippen LogP contribution in [0.1, 0.15) is 36.5 Å². The van der Waals surface area contributed by atoms with Gasteiger partial charge in [-0.1, -0.05) is 24.9 Å². The molecule has 1 aromatic heterocycles. The second kappa shape index (κ2) is 6.89. The molecule has 2 heterocycles. The molecule has 1 fully saturated rings. The topological polar surface area (TPSA) is 70.5 Å². The summed E-state index contributed by atoms with van der Waals surface area (Å²) < 4.78 is 0. The number of carboxylic acids is 1. The van der Waals surface area contributed by atoms with E-state index in [0.717, 1.165) is 12.8 Å². The van der Waals surface area contributed by atoms with Gasteiger partial charge in [0.1, 0.15) is 5.15 Å². The number of rotatable bonds is 4. The van der Waals surface area contributed by atoms with Crippen molar-refractivity contribution < 1.29 is 14.7 Å². The van der Waals surface area contributed by atoms with E-state index >= 15 is 0 Å². The Kier molecular flexibility index (Phi) is 5.17. The van der Waals surface area contributed by atoms with E-state index in [9.17, 15) is 9.59 Å². The Morgan fingerprint density at radius 3 is 2.86 bits per heavy atom. The first-order valence-electron chi connectivity index (χ1n) is 7.14. The smallest absolute Gasteiger partial charge is 0.303 e. The summed E-state index contributed by atoms with van der Waals surface area (Å²) in [4.78, 5) is 29.0. The molecule has 1 amide bonds. The SMILES string of the molecule is CC[C@@H]1CN(C(=O)c2ccnc(Cl)c2)CC[C@H]1CC(=O)O. The molecule has 1 N–H and O–H groups in total. The second-order valence-corrected chi connectivity index (χ2v) is 5.82. The van der Waals surface area contributed by atoms with E-state index in [1.54, 1.807) is 17.0 Å². The normalized spacial score (nSPS) is 22.1. The minimum absolute atomic E-state index is 0.0634. The molecule has 0 saturated carbocycles. The van der Waals surface area contributed by atoms with Crippen LogP contribution in [0.5, 0.6) is 0 Å². The van der Waals surface area contributed by atoms with Gasteiger partial charge in [0, 0.05) is 31.3 Å². The van der Waals surface area contributed by atoms with Gasteiger partial charge in [0.25, 0.3) is 5.91 Å². The first-order valence-corrected chi connectivity index (χ1v) is 7.51. The highest BCUT2D eigenvalue weighted by Crippen LogP contribution is 2.29. The molecular formula is C15H19ClN2O3. The lowest BCUT2D eigenvalue weighted by atomic mass is 9.81. The molecule has 0 radical (unpaired) electrons. The van der Waals surface area contributed by atoms with Crippen molar-refractivity contribution in [3.8, 4) is 0 Å². The summed E-state index contributed by atoms with van der Waals surface area (Å²) in [5, 5.41) is 9.26. The van der Waals surface area contributed by atoms with Gasteiger partial charge < -0.3 is 10.0 Å². The fraction of sp³-hybridized carbons (Fsp3) is 0.533. The van der Waals surface area contributed by atoms with Crippen LogP contribution in [0, 0.1) is 11.8 Å². The van der Waals surface area contributed by atoms with Crippen molar-refractivity contribution in [1.82, 2.24) is 9.88 Å². The van der Waals surface area contributed by atoms with E-state index in [1.165, 1.54) is 6.20 Å². The lowest BCUT2D eigenvalue weighted by Gasteiger charge is -2.37. The Morgan fingerprint density at radius 1 is 1.48 bits per heavy atom. The van der Waals surface area contributed by atoms with Crippen LogP contribution >= 0.6 is 11.6 Å². The van der Waals surface area contributed by atoms with Crippen molar-refractivity contribution in [3.63, 3.8) is 0 Å². The zero-order valence-electron chi connectivity index (χ0n) is 12.0. The molecule has 0 spiro atoms. The number of aromatic nitrogens is 1. The number of piperidine rings is 1. The van der Waals surface area contributed by atoms with Crippen molar-refractivity contribution in [2.45, 2.75) is 26.2 Å². The molecule has 0 unspecified atom stereocenters. The van der Waals surface area contributed by atoms with Crippen LogP contribution in [-0.4, -0.2) is 40.0 Å². The average Bonchev–Trinajstić information content (AvgIpc) is 2.46. The predicted octanol–water partition coefficient (Wildman–Crippen LogP) is 2.70. The minimum Gasteiger partial charge on any atom is -0.481 e. The van der Waals surface area contributed by atoms with Gasteiger partial charge in [0.05, 0.1) is 0 Å². The maximum Gasteiger partial charge on any atom is 0.303 e. The summed E-state index contributed by atoms with van der Waals surface area (Å²) in [6, 6.07) is 3.21. The van der Waals surface area contributed by atoms with Crippen LogP contribution in [0.15, 0.2) is 18.3 Å². The molecule has 6 heteroatoms. The van der Waals surface area contributed by atoms with Crippen LogP contribution in [0.25, 0.3) is 0 Å². The highest BCUT2D eigenvalue weighted by atomic mass is 35.5. The Labute approximate surface area is 128 Å². The Hall–Kier alpha value is -1.62. The lowest BCUT2D eigenvalue weighted by Crippen LogP contribution is -2.44. The van der Waals surface area contributed by atoms with Crippen molar-refractivity contribution in [3.05, 3.63) is 29.0 Å². The Balaban J connectivity index is 2.06. The van der Waals surface area contributed by atoms with Crippen LogP contribution in [0.2, 0.25) is 5.15 Å². The predicted molar refractivity (Wildman–Crippen MR) is 79.3 cm³/mol. The van der Waals surface area contributed by atoms with Crippen molar-refractivity contribution >= 4 is 23.5 Å². The van der Waals surface area contributed by atoms with E-state index in [1.807, 2.05) is 6.92 Å². The van der Waals surface area contributed by atoms with Gasteiger partial charge in [-0.15, -0.1) is 0 Å². The summed E-state index contributed by atoms with van der Waals surface area (Å²) in [5.41, 5.74) is 0.529. The number of pyridine rings is 1. The molecular weight excluding hydrogens is 292 g/mol. The molecule has 21 heavy (non-hydrogen) atoms. The lowest BCUT2D eigenvalue weighted by molar-refractivity contribution is -0.139. The molecule has 2 rings (SSSR count). The molecule has 0 aliphatic carbocycles. The largest absolute Gasteiger partial charge is 0.481 e. The third-order valence-electron chi connectivity index (χ3n) is 4.11. The summed E-state index contributed by atoms with van der Waals surface area (Å²) in [5.74, 6) is -0.445. The van der Waals surface area contributed by atoms with Crippen LogP contribution < -0.4 is 0 Å². The highest BCUT2D eigenvalue weighted by molar-refractivity contribution is 6.29. The first kappa shape index (κ1) is 15.8. The molecule has 2 atom stereocenters. The quantitative estimate of drug-likeness (QED) is 0.868. The standard InChI is InChI=1S/C15H19ClN2O3/c1-2-10-9-18(6-4-11(10)8-14(19)20)15(21)12-3-5-17-13(16)7-12/h3,5,7,10-11H,2,4,6,8-9H2,1H3,(H,19,20)/t10-,11+/m1/s1. The minimum atomic E-state index is -0.765. The van der Waals surface area contributed by atoms with Gasteiger partial charge in [-0.05, 0) is 30.4 Å². The molecule has 5 nitrogen and oxygen atoms in total. The van der Waals surface area contributed by atoms with Gasteiger partial charge in [-0.25, -0.2) is 4.98 Å². The van der Waals surface area contributed by atoms with Gasteiger partial charge in [-0.3, -0.25) is 9.59 Å². The Bertz CT molecular complexity index is 535. The van der Waals surface area contributed by atoms with E-state index < -0.39 is 5.97 Å². The monoisotopic (exact) mass is 310 g/mol. The van der Waals surface area contributed by atoms with Crippen molar-refractivity contribution in [2.75, 3.05) is 13.1 Å². The number of nitrogens with zero attached hydrogens (tertiary/aromatic N) is 2. The number of amides is 1. The zero-order valence-corrected chi connectivity index (χ0v) is 12.7. The zero-order chi connectivity index (χ0) is 15.4.